The fourth-order valence-corrected chi connectivity index (χ4v) is 9.09. The number of hydrogen-bond acceptors (Lipinski definition) is 6. The molecule has 194 valence electrons. The largest absolute Gasteiger partial charge is 0.472 e. The van der Waals surface area contributed by atoms with Gasteiger partial charge in [-0.1, -0.05) is 52.3 Å². The Labute approximate surface area is 213 Å². The van der Waals surface area contributed by atoms with Crippen molar-refractivity contribution in [3.8, 4) is 0 Å². The van der Waals surface area contributed by atoms with E-state index in [1.807, 2.05) is 26.2 Å². The van der Waals surface area contributed by atoms with Crippen molar-refractivity contribution in [2.24, 2.45) is 33.5 Å². The van der Waals surface area contributed by atoms with E-state index in [0.717, 1.165) is 19.3 Å². The minimum Gasteiger partial charge on any atom is -0.472 e. The summed E-state index contributed by atoms with van der Waals surface area (Å²) in [5.74, 6) is -0.808. The minimum absolute atomic E-state index is 0.00746. The van der Waals surface area contributed by atoms with Crippen LogP contribution in [0, 0.1) is 33.5 Å². The zero-order chi connectivity index (χ0) is 26.3. The third-order valence-electron chi connectivity index (χ3n) is 10.4. The third-order valence-corrected chi connectivity index (χ3v) is 10.4. The van der Waals surface area contributed by atoms with E-state index in [0.29, 0.717) is 0 Å². The highest BCUT2D eigenvalue weighted by Crippen LogP contribution is 2.73. The highest BCUT2D eigenvalue weighted by Gasteiger charge is 2.72. The molecule has 0 saturated heterocycles. The second-order valence-electron chi connectivity index (χ2n) is 12.6. The average Bonchev–Trinajstić information content (AvgIpc) is 3.41. The molecule has 6 heteroatoms. The Hall–Kier alpha value is -2.63. The number of allylic oxidation sites excluding steroid dienone is 3. The van der Waals surface area contributed by atoms with Gasteiger partial charge in [0.05, 0.1) is 12.5 Å². The maximum atomic E-state index is 13.2. The molecule has 0 amide bonds. The number of fused-ring (bicyclic) bond motifs is 5. The molecule has 36 heavy (non-hydrogen) atoms. The van der Waals surface area contributed by atoms with Crippen LogP contribution in [0.15, 0.2) is 46.8 Å². The predicted molar refractivity (Wildman–Crippen MR) is 134 cm³/mol. The second-order valence-corrected chi connectivity index (χ2v) is 12.6. The van der Waals surface area contributed by atoms with E-state index in [2.05, 4.69) is 32.9 Å². The SMILES string of the molecule is CC(=O)O[C@H]1[C@@H](OC(C)=O)[C@@]2(C)C3=CC[C@@H](c4ccoc4)[C@]3(C)CC[C@@H]2[C@@]2(C)C=CC(=O)C(C)(C)[C@H]12. The summed E-state index contributed by atoms with van der Waals surface area (Å²) in [6.07, 6.45) is 11.0. The van der Waals surface area contributed by atoms with Crippen molar-refractivity contribution in [2.45, 2.75) is 85.9 Å². The number of rotatable bonds is 3. The Balaban J connectivity index is 1.73. The summed E-state index contributed by atoms with van der Waals surface area (Å²) in [7, 11) is 0. The van der Waals surface area contributed by atoms with E-state index in [4.69, 9.17) is 13.9 Å². The summed E-state index contributed by atoms with van der Waals surface area (Å²) in [4.78, 5) is 38.2. The minimum atomic E-state index is -0.784. The molecule has 5 rings (SSSR count). The van der Waals surface area contributed by atoms with Crippen molar-refractivity contribution in [2.75, 3.05) is 0 Å². The number of carbonyl (C=O) groups excluding carboxylic acids is 3. The van der Waals surface area contributed by atoms with Gasteiger partial charge in [-0.25, -0.2) is 0 Å². The van der Waals surface area contributed by atoms with Crippen molar-refractivity contribution >= 4 is 17.7 Å². The lowest BCUT2D eigenvalue weighted by atomic mass is 9.37. The first-order chi connectivity index (χ1) is 16.8. The number of furan rings is 1. The second kappa shape index (κ2) is 7.93. The van der Waals surface area contributed by atoms with Gasteiger partial charge >= 0.3 is 11.9 Å². The van der Waals surface area contributed by atoms with Gasteiger partial charge in [-0.15, -0.1) is 0 Å². The summed E-state index contributed by atoms with van der Waals surface area (Å²) in [5, 5.41) is 0. The number of esters is 2. The lowest BCUT2D eigenvalue weighted by Gasteiger charge is -2.67. The topological polar surface area (TPSA) is 82.8 Å². The first kappa shape index (κ1) is 25.0. The lowest BCUT2D eigenvalue weighted by molar-refractivity contribution is -0.237. The lowest BCUT2D eigenvalue weighted by Crippen LogP contribution is -2.70. The molecule has 4 aliphatic rings. The van der Waals surface area contributed by atoms with Crippen LogP contribution in [-0.2, 0) is 23.9 Å². The van der Waals surface area contributed by atoms with E-state index < -0.39 is 40.4 Å². The van der Waals surface area contributed by atoms with E-state index >= 15 is 0 Å². The molecule has 6 nitrogen and oxygen atoms in total. The Morgan fingerprint density at radius 1 is 1.06 bits per heavy atom. The van der Waals surface area contributed by atoms with Crippen molar-refractivity contribution in [3.63, 3.8) is 0 Å². The van der Waals surface area contributed by atoms with Gasteiger partial charge in [-0.3, -0.25) is 14.4 Å². The van der Waals surface area contributed by atoms with E-state index in [1.54, 1.807) is 12.3 Å². The van der Waals surface area contributed by atoms with Crippen molar-refractivity contribution in [3.05, 3.63) is 48.0 Å². The molecule has 0 aromatic carbocycles. The Bertz CT molecular complexity index is 1160. The maximum absolute atomic E-state index is 13.2. The number of ketones is 1. The van der Waals surface area contributed by atoms with Crippen LogP contribution in [-0.4, -0.2) is 29.9 Å². The maximum Gasteiger partial charge on any atom is 0.303 e. The van der Waals surface area contributed by atoms with Gasteiger partial charge in [0.1, 0.15) is 12.2 Å². The van der Waals surface area contributed by atoms with E-state index in [9.17, 15) is 14.4 Å². The fraction of sp³-hybridized carbons (Fsp3) is 0.633. The van der Waals surface area contributed by atoms with Crippen molar-refractivity contribution in [1.82, 2.24) is 0 Å². The summed E-state index contributed by atoms with van der Waals surface area (Å²) in [5.41, 5.74) is 0.496. The molecule has 0 bridgehead atoms. The number of carbonyl (C=O) groups is 3. The predicted octanol–water partition coefficient (Wildman–Crippen LogP) is 5.78. The van der Waals surface area contributed by atoms with Crippen LogP contribution in [0.25, 0.3) is 0 Å². The highest BCUT2D eigenvalue weighted by molar-refractivity contribution is 5.96. The standard InChI is InChI=1S/C30H38O6/c1-17(31)35-24-25-27(3,4)23(33)11-14-29(25,6)22-10-13-28(5)20(19-12-15-34-16-19)8-9-21(28)30(22,7)26(24)36-18(2)32/h9,11-12,14-16,20,22,24-26H,8,10,13H2,1-7H3/t20-,22+,24+,25-,26+,28-,29+,30-/m0/s1. The Morgan fingerprint density at radius 3 is 2.36 bits per heavy atom. The quantitative estimate of drug-likeness (QED) is 0.391. The summed E-state index contributed by atoms with van der Waals surface area (Å²) in [6, 6.07) is 2.04. The molecule has 2 saturated carbocycles. The van der Waals surface area contributed by atoms with Crippen molar-refractivity contribution in [1.29, 1.82) is 0 Å². The monoisotopic (exact) mass is 494 g/mol. The summed E-state index contributed by atoms with van der Waals surface area (Å²) in [6.45, 7) is 13.4. The van der Waals surface area contributed by atoms with Gasteiger partial charge in [0, 0.05) is 30.6 Å². The molecule has 4 aliphatic carbocycles. The van der Waals surface area contributed by atoms with E-state index in [1.165, 1.54) is 25.0 Å². The molecule has 1 heterocycles. The summed E-state index contributed by atoms with van der Waals surface area (Å²) >= 11 is 0. The first-order valence-corrected chi connectivity index (χ1v) is 13.1. The van der Waals surface area contributed by atoms with Gasteiger partial charge in [0.2, 0.25) is 0 Å². The first-order valence-electron chi connectivity index (χ1n) is 13.1. The van der Waals surface area contributed by atoms with Gasteiger partial charge in [-0.05, 0) is 59.6 Å². The normalized spacial score (nSPS) is 42.6. The molecule has 8 atom stereocenters. The van der Waals surface area contributed by atoms with Crippen LogP contribution in [0.1, 0.15) is 79.2 Å². The Kier molecular flexibility index (Phi) is 5.52. The molecule has 1 aromatic heterocycles. The number of ether oxygens (including phenoxy) is 2. The molecule has 1 aromatic rings. The van der Waals surface area contributed by atoms with Crippen LogP contribution < -0.4 is 0 Å². The molecular formula is C30H38O6. The van der Waals surface area contributed by atoms with Gasteiger partial charge in [0.15, 0.2) is 5.78 Å². The zero-order valence-electron chi connectivity index (χ0n) is 22.4. The third kappa shape index (κ3) is 3.18. The molecule has 0 radical (unpaired) electrons. The molecule has 0 unspecified atom stereocenters. The summed E-state index contributed by atoms with van der Waals surface area (Å²) < 4.78 is 17.7. The van der Waals surface area contributed by atoms with Crippen LogP contribution in [0.5, 0.6) is 0 Å². The molecule has 2 fully saturated rings. The highest BCUT2D eigenvalue weighted by atomic mass is 16.6. The molecule has 0 N–H and O–H groups in total. The van der Waals surface area contributed by atoms with Crippen molar-refractivity contribution < 1.29 is 28.3 Å². The zero-order valence-corrected chi connectivity index (χ0v) is 22.4. The van der Waals surface area contributed by atoms with Crippen LogP contribution in [0.3, 0.4) is 0 Å². The van der Waals surface area contributed by atoms with E-state index in [-0.39, 0.29) is 29.0 Å². The fourth-order valence-electron chi connectivity index (χ4n) is 9.09. The average molecular weight is 495 g/mol. The number of hydrogen-bond donors (Lipinski definition) is 0. The molecule has 0 aliphatic heterocycles. The van der Waals surface area contributed by atoms with Gasteiger partial charge < -0.3 is 13.9 Å². The van der Waals surface area contributed by atoms with Crippen LogP contribution in [0.2, 0.25) is 0 Å². The van der Waals surface area contributed by atoms with Crippen LogP contribution in [0.4, 0.5) is 0 Å². The smallest absolute Gasteiger partial charge is 0.303 e. The molecular weight excluding hydrogens is 456 g/mol. The van der Waals surface area contributed by atoms with Gasteiger partial charge in [0.25, 0.3) is 0 Å². The Morgan fingerprint density at radius 2 is 1.75 bits per heavy atom. The molecule has 0 spiro atoms. The van der Waals surface area contributed by atoms with Gasteiger partial charge in [-0.2, -0.15) is 0 Å². The van der Waals surface area contributed by atoms with Crippen LogP contribution >= 0.6 is 0 Å².